The van der Waals surface area contributed by atoms with E-state index in [-0.39, 0.29) is 33.7 Å². The highest BCUT2D eigenvalue weighted by Crippen LogP contribution is 2.36. The van der Waals surface area contributed by atoms with Crippen LogP contribution in [0.4, 0.5) is 5.69 Å². The Hall–Kier alpha value is -4.06. The summed E-state index contributed by atoms with van der Waals surface area (Å²) in [4.78, 5) is 18.0. The van der Waals surface area contributed by atoms with E-state index in [1.807, 2.05) is 0 Å². The van der Waals surface area contributed by atoms with Gasteiger partial charge in [-0.3, -0.25) is 10.1 Å². The van der Waals surface area contributed by atoms with Gasteiger partial charge in [-0.1, -0.05) is 35.3 Å². The predicted octanol–water partition coefficient (Wildman–Crippen LogP) is 6.43. The highest BCUT2D eigenvalue weighted by molar-refractivity contribution is 6.37. The number of nitro benzene ring substituents is 1. The molecule has 34 heavy (non-hydrogen) atoms. The van der Waals surface area contributed by atoms with Gasteiger partial charge in [-0.05, 0) is 41.5 Å². The number of hydrogen-bond donors (Lipinski definition) is 1. The molecule has 4 aromatic rings. The van der Waals surface area contributed by atoms with Gasteiger partial charge in [0.05, 0.1) is 38.7 Å². The van der Waals surface area contributed by atoms with Gasteiger partial charge in [0.2, 0.25) is 0 Å². The SMILES string of the molecule is COc1ccc2nc(C(C#N)=Cc3cc(Cl)c(OCc4cccc([N+](=O)[O-])c4)c(Cl)c3)[nH]c2c1. The summed E-state index contributed by atoms with van der Waals surface area (Å²) in [7, 11) is 1.57. The van der Waals surface area contributed by atoms with E-state index in [1.54, 1.807) is 55.7 Å². The summed E-state index contributed by atoms with van der Waals surface area (Å²) in [6, 6.07) is 16.8. The monoisotopic (exact) mass is 494 g/mol. The van der Waals surface area contributed by atoms with Crippen molar-refractivity contribution < 1.29 is 14.4 Å². The molecule has 0 aliphatic rings. The summed E-state index contributed by atoms with van der Waals surface area (Å²) in [5.41, 5.74) is 2.85. The number of allylic oxidation sites excluding steroid dienone is 1. The lowest BCUT2D eigenvalue weighted by Crippen LogP contribution is -1.98. The Labute approximate surface area is 204 Å². The normalized spacial score (nSPS) is 11.3. The minimum Gasteiger partial charge on any atom is -0.497 e. The van der Waals surface area contributed by atoms with Crippen LogP contribution in [-0.4, -0.2) is 22.0 Å². The number of nitrogens with zero attached hydrogens (tertiary/aromatic N) is 3. The van der Waals surface area contributed by atoms with Gasteiger partial charge in [-0.2, -0.15) is 5.26 Å². The van der Waals surface area contributed by atoms with Crippen LogP contribution in [0.25, 0.3) is 22.7 Å². The molecule has 0 bridgehead atoms. The smallest absolute Gasteiger partial charge is 0.269 e. The molecule has 0 fully saturated rings. The van der Waals surface area contributed by atoms with E-state index in [0.29, 0.717) is 28.2 Å². The molecular formula is C24H16Cl2N4O4. The van der Waals surface area contributed by atoms with Crippen molar-refractivity contribution in [3.8, 4) is 17.6 Å². The first-order valence-electron chi connectivity index (χ1n) is 9.89. The number of nitriles is 1. The van der Waals surface area contributed by atoms with Gasteiger partial charge in [-0.15, -0.1) is 0 Å². The molecule has 8 nitrogen and oxygen atoms in total. The fraction of sp³-hybridized carbons (Fsp3) is 0.0833. The fourth-order valence-corrected chi connectivity index (χ4v) is 3.89. The van der Waals surface area contributed by atoms with E-state index in [4.69, 9.17) is 32.7 Å². The third-order valence-corrected chi connectivity index (χ3v) is 5.46. The molecule has 0 saturated carbocycles. The van der Waals surface area contributed by atoms with Crippen molar-refractivity contribution in [2.24, 2.45) is 0 Å². The summed E-state index contributed by atoms with van der Waals surface area (Å²) in [6.07, 6.45) is 1.61. The molecule has 3 aromatic carbocycles. The number of halogens is 2. The molecule has 0 spiro atoms. The number of nitro groups is 1. The van der Waals surface area contributed by atoms with Gasteiger partial charge in [-0.25, -0.2) is 4.98 Å². The zero-order valence-electron chi connectivity index (χ0n) is 17.7. The number of methoxy groups -OCH3 is 1. The van der Waals surface area contributed by atoms with E-state index < -0.39 is 4.92 Å². The van der Waals surface area contributed by atoms with Gasteiger partial charge in [0.1, 0.15) is 24.3 Å². The van der Waals surface area contributed by atoms with E-state index >= 15 is 0 Å². The van der Waals surface area contributed by atoms with Crippen LogP contribution in [0.15, 0.2) is 54.6 Å². The van der Waals surface area contributed by atoms with Gasteiger partial charge in [0, 0.05) is 18.2 Å². The van der Waals surface area contributed by atoms with Crippen LogP contribution < -0.4 is 9.47 Å². The van der Waals surface area contributed by atoms with E-state index in [2.05, 4.69) is 16.0 Å². The molecule has 0 aliphatic heterocycles. The first-order chi connectivity index (χ1) is 16.4. The van der Waals surface area contributed by atoms with Crippen molar-refractivity contribution in [2.45, 2.75) is 6.61 Å². The molecule has 0 aliphatic carbocycles. The lowest BCUT2D eigenvalue weighted by molar-refractivity contribution is -0.384. The molecule has 0 unspecified atom stereocenters. The Morgan fingerprint density at radius 3 is 2.65 bits per heavy atom. The van der Waals surface area contributed by atoms with Crippen LogP contribution >= 0.6 is 23.2 Å². The topological polar surface area (TPSA) is 114 Å². The highest BCUT2D eigenvalue weighted by Gasteiger charge is 2.13. The third kappa shape index (κ3) is 4.96. The zero-order valence-corrected chi connectivity index (χ0v) is 19.2. The standard InChI is InChI=1S/C24H16Cl2N4O4/c1-33-18-5-6-21-22(11-18)29-24(28-21)16(12-27)7-15-9-19(25)23(20(26)10-15)34-13-14-3-2-4-17(8-14)30(31)32/h2-11H,13H2,1H3,(H,28,29). The van der Waals surface area contributed by atoms with Crippen molar-refractivity contribution in [2.75, 3.05) is 7.11 Å². The number of non-ortho nitro benzene ring substituents is 1. The quantitative estimate of drug-likeness (QED) is 0.180. The summed E-state index contributed by atoms with van der Waals surface area (Å²) >= 11 is 12.8. The summed E-state index contributed by atoms with van der Waals surface area (Å²) in [5, 5.41) is 21.1. The summed E-state index contributed by atoms with van der Waals surface area (Å²) < 4.78 is 10.9. The number of aromatic amines is 1. The second kappa shape index (κ2) is 9.83. The molecule has 0 amide bonds. The van der Waals surface area contributed by atoms with E-state index in [1.165, 1.54) is 12.1 Å². The largest absolute Gasteiger partial charge is 0.497 e. The lowest BCUT2D eigenvalue weighted by Gasteiger charge is -2.11. The minimum absolute atomic E-state index is 0.0353. The van der Waals surface area contributed by atoms with Crippen molar-refractivity contribution >= 4 is 51.6 Å². The van der Waals surface area contributed by atoms with Crippen molar-refractivity contribution in [1.82, 2.24) is 9.97 Å². The number of fused-ring (bicyclic) bond motifs is 1. The number of H-pyrrole nitrogens is 1. The van der Waals surface area contributed by atoms with Crippen LogP contribution in [0.3, 0.4) is 0 Å². The molecule has 0 radical (unpaired) electrons. The predicted molar refractivity (Wildman–Crippen MR) is 130 cm³/mol. The molecule has 10 heteroatoms. The minimum atomic E-state index is -0.476. The number of rotatable bonds is 7. The number of hydrogen-bond acceptors (Lipinski definition) is 6. The van der Waals surface area contributed by atoms with Crippen molar-refractivity contribution in [3.63, 3.8) is 0 Å². The van der Waals surface area contributed by atoms with Crippen LogP contribution in [0.1, 0.15) is 17.0 Å². The Kier molecular flexibility index (Phi) is 6.68. The lowest BCUT2D eigenvalue weighted by atomic mass is 10.1. The fourth-order valence-electron chi connectivity index (χ4n) is 3.28. The van der Waals surface area contributed by atoms with Crippen LogP contribution in [0, 0.1) is 21.4 Å². The Morgan fingerprint density at radius 2 is 1.97 bits per heavy atom. The molecule has 0 saturated heterocycles. The average Bonchev–Trinajstić information content (AvgIpc) is 3.25. The zero-order chi connectivity index (χ0) is 24.2. The van der Waals surface area contributed by atoms with Crippen LogP contribution in [0.5, 0.6) is 11.5 Å². The first-order valence-corrected chi connectivity index (χ1v) is 10.6. The third-order valence-electron chi connectivity index (χ3n) is 4.90. The Bertz CT molecular complexity index is 1450. The Balaban J connectivity index is 1.58. The number of imidazole rings is 1. The van der Waals surface area contributed by atoms with Gasteiger partial charge in [0.15, 0.2) is 5.75 Å². The maximum Gasteiger partial charge on any atom is 0.269 e. The molecule has 0 atom stereocenters. The van der Waals surface area contributed by atoms with Crippen LogP contribution in [0.2, 0.25) is 10.0 Å². The molecule has 1 heterocycles. The van der Waals surface area contributed by atoms with Crippen LogP contribution in [-0.2, 0) is 6.61 Å². The second-order valence-corrected chi connectivity index (χ2v) is 7.98. The number of aromatic nitrogens is 2. The molecule has 4 rings (SSSR count). The van der Waals surface area contributed by atoms with Gasteiger partial charge < -0.3 is 14.5 Å². The maximum absolute atomic E-state index is 10.9. The second-order valence-electron chi connectivity index (χ2n) is 7.17. The van der Waals surface area contributed by atoms with E-state index in [9.17, 15) is 15.4 Å². The maximum atomic E-state index is 10.9. The first kappa shape index (κ1) is 23.1. The molecule has 170 valence electrons. The van der Waals surface area contributed by atoms with Gasteiger partial charge in [0.25, 0.3) is 5.69 Å². The molecule has 1 aromatic heterocycles. The van der Waals surface area contributed by atoms with Crippen molar-refractivity contribution in [1.29, 1.82) is 5.26 Å². The average molecular weight is 495 g/mol. The van der Waals surface area contributed by atoms with Gasteiger partial charge >= 0.3 is 0 Å². The molecular weight excluding hydrogens is 479 g/mol. The van der Waals surface area contributed by atoms with Crippen molar-refractivity contribution in [3.05, 3.63) is 91.7 Å². The molecule has 1 N–H and O–H groups in total. The number of nitrogens with one attached hydrogen (secondary N) is 1. The summed E-state index contributed by atoms with van der Waals surface area (Å²) in [5.74, 6) is 1.30. The Morgan fingerprint density at radius 1 is 1.21 bits per heavy atom. The van der Waals surface area contributed by atoms with E-state index in [0.717, 1.165) is 5.52 Å². The highest BCUT2D eigenvalue weighted by atomic mass is 35.5. The number of ether oxygens (including phenoxy) is 2. The number of benzene rings is 3. The summed E-state index contributed by atoms with van der Waals surface area (Å²) in [6.45, 7) is 0.0438.